The largest absolute Gasteiger partial charge is 0.467 e. The Labute approximate surface area is 82.7 Å². The molecular weight excluding hydrogens is 180 g/mol. The molecule has 0 radical (unpaired) electrons. The lowest BCUT2D eigenvalue weighted by molar-refractivity contribution is 0.0667. The van der Waals surface area contributed by atoms with Gasteiger partial charge in [0.1, 0.15) is 12.4 Å². The van der Waals surface area contributed by atoms with Crippen LogP contribution < -0.4 is 0 Å². The maximum atomic E-state index is 9.04. The summed E-state index contributed by atoms with van der Waals surface area (Å²) in [5, 5.41) is 9.04. The second-order valence-corrected chi connectivity index (χ2v) is 3.08. The van der Waals surface area contributed by atoms with E-state index in [-0.39, 0.29) is 6.04 Å². The number of morpholine rings is 1. The maximum absolute atomic E-state index is 9.04. The Morgan fingerprint density at radius 1 is 1.64 bits per heavy atom. The lowest BCUT2D eigenvalue weighted by Gasteiger charge is -2.23. The molecule has 1 fully saturated rings. The van der Waals surface area contributed by atoms with Crippen LogP contribution >= 0.6 is 0 Å². The van der Waals surface area contributed by atoms with Crippen molar-refractivity contribution in [2.75, 3.05) is 19.7 Å². The van der Waals surface area contributed by atoms with E-state index in [9.17, 15) is 0 Å². The Morgan fingerprint density at radius 2 is 2.57 bits per heavy atom. The lowest BCUT2D eigenvalue weighted by atomic mass is 10.2. The Kier molecular flexibility index (Phi) is 2.73. The molecule has 0 saturated carbocycles. The van der Waals surface area contributed by atoms with Crippen LogP contribution in [0, 0.1) is 17.9 Å². The van der Waals surface area contributed by atoms with Crippen LogP contribution in [0.25, 0.3) is 0 Å². The van der Waals surface area contributed by atoms with Crippen molar-refractivity contribution in [2.24, 2.45) is 0 Å². The van der Waals surface area contributed by atoms with Crippen molar-refractivity contribution in [3.8, 4) is 6.07 Å². The SMILES string of the molecule is N#CC(c1ccco1)N1C[CH+]OCC1. The molecule has 72 valence electrons. The summed E-state index contributed by atoms with van der Waals surface area (Å²) in [5.74, 6) is 0.697. The fourth-order valence-electron chi connectivity index (χ4n) is 1.50. The van der Waals surface area contributed by atoms with Gasteiger partial charge in [0.15, 0.2) is 12.6 Å². The molecule has 1 atom stereocenters. The highest BCUT2D eigenvalue weighted by Crippen LogP contribution is 2.21. The molecule has 4 heteroatoms. The predicted octanol–water partition coefficient (Wildman–Crippen LogP) is 1.34. The number of nitrogens with zero attached hydrogens (tertiary/aromatic N) is 2. The van der Waals surface area contributed by atoms with E-state index in [1.165, 1.54) is 0 Å². The van der Waals surface area contributed by atoms with E-state index in [1.54, 1.807) is 18.9 Å². The molecule has 14 heavy (non-hydrogen) atoms. The van der Waals surface area contributed by atoms with Gasteiger partial charge in [-0.25, -0.2) is 4.90 Å². The van der Waals surface area contributed by atoms with Gasteiger partial charge in [-0.2, -0.15) is 10.00 Å². The van der Waals surface area contributed by atoms with Gasteiger partial charge in [0.25, 0.3) is 0 Å². The van der Waals surface area contributed by atoms with Crippen molar-refractivity contribution in [1.29, 1.82) is 5.26 Å². The third kappa shape index (κ3) is 1.74. The van der Waals surface area contributed by atoms with Gasteiger partial charge in [-0.3, -0.25) is 0 Å². The van der Waals surface area contributed by atoms with Crippen LogP contribution in [-0.4, -0.2) is 24.6 Å². The highest BCUT2D eigenvalue weighted by Gasteiger charge is 2.28. The number of ether oxygens (including phenoxy) is 1. The van der Waals surface area contributed by atoms with Crippen LogP contribution in [0.2, 0.25) is 0 Å². The van der Waals surface area contributed by atoms with Crippen molar-refractivity contribution in [1.82, 2.24) is 4.90 Å². The molecule has 1 saturated heterocycles. The van der Waals surface area contributed by atoms with Gasteiger partial charge in [-0.1, -0.05) is 0 Å². The molecule has 1 aliphatic rings. The molecular formula is C10H11N2O2+. The van der Waals surface area contributed by atoms with Gasteiger partial charge in [0, 0.05) is 6.54 Å². The summed E-state index contributed by atoms with van der Waals surface area (Å²) >= 11 is 0. The summed E-state index contributed by atoms with van der Waals surface area (Å²) in [6.07, 6.45) is 1.59. The molecule has 0 amide bonds. The molecule has 0 spiro atoms. The zero-order chi connectivity index (χ0) is 9.80. The van der Waals surface area contributed by atoms with E-state index in [0.717, 1.165) is 6.54 Å². The van der Waals surface area contributed by atoms with Gasteiger partial charge in [0.05, 0.1) is 12.3 Å². The van der Waals surface area contributed by atoms with E-state index in [4.69, 9.17) is 14.4 Å². The Bertz CT molecular complexity index is 309. The first-order valence-electron chi connectivity index (χ1n) is 4.52. The summed E-state index contributed by atoms with van der Waals surface area (Å²) in [6, 6.07) is 5.55. The minimum atomic E-state index is -0.301. The Morgan fingerprint density at radius 3 is 3.14 bits per heavy atom. The summed E-state index contributed by atoms with van der Waals surface area (Å²) in [6.45, 7) is 3.78. The van der Waals surface area contributed by atoms with Crippen molar-refractivity contribution >= 4 is 0 Å². The van der Waals surface area contributed by atoms with Crippen LogP contribution in [-0.2, 0) is 4.74 Å². The van der Waals surface area contributed by atoms with Gasteiger partial charge < -0.3 is 4.42 Å². The van der Waals surface area contributed by atoms with Crippen LogP contribution in [0.5, 0.6) is 0 Å². The summed E-state index contributed by atoms with van der Waals surface area (Å²) in [5.41, 5.74) is 0. The first-order chi connectivity index (χ1) is 6.92. The smallest absolute Gasteiger partial charge is 0.242 e. The van der Waals surface area contributed by atoms with E-state index in [0.29, 0.717) is 18.9 Å². The molecule has 0 bridgehead atoms. The molecule has 1 unspecified atom stereocenters. The summed E-state index contributed by atoms with van der Waals surface area (Å²) in [4.78, 5) is 2.02. The van der Waals surface area contributed by atoms with Gasteiger partial charge in [-0.05, 0) is 12.1 Å². The quantitative estimate of drug-likeness (QED) is 0.662. The normalized spacial score (nSPS) is 19.6. The number of furan rings is 1. The van der Waals surface area contributed by atoms with Crippen molar-refractivity contribution in [3.63, 3.8) is 0 Å². The van der Waals surface area contributed by atoms with Crippen molar-refractivity contribution in [2.45, 2.75) is 6.04 Å². The third-order valence-corrected chi connectivity index (χ3v) is 2.22. The first kappa shape index (κ1) is 9.13. The van der Waals surface area contributed by atoms with E-state index >= 15 is 0 Å². The molecule has 2 rings (SSSR count). The van der Waals surface area contributed by atoms with Gasteiger partial charge in [-0.15, -0.1) is 0 Å². The van der Waals surface area contributed by atoms with E-state index < -0.39 is 0 Å². The summed E-state index contributed by atoms with van der Waals surface area (Å²) in [7, 11) is 0. The van der Waals surface area contributed by atoms with Crippen molar-refractivity contribution < 1.29 is 9.15 Å². The highest BCUT2D eigenvalue weighted by atomic mass is 16.5. The van der Waals surface area contributed by atoms with Crippen LogP contribution in [0.4, 0.5) is 0 Å². The minimum Gasteiger partial charge on any atom is -0.467 e. The second-order valence-electron chi connectivity index (χ2n) is 3.08. The molecule has 0 aromatic carbocycles. The van der Waals surface area contributed by atoms with Crippen LogP contribution in [0.3, 0.4) is 0 Å². The first-order valence-corrected chi connectivity index (χ1v) is 4.52. The molecule has 2 heterocycles. The number of hydrogen-bond donors (Lipinski definition) is 0. The Hall–Kier alpha value is -1.44. The topological polar surface area (TPSA) is 49.4 Å². The number of rotatable bonds is 2. The third-order valence-electron chi connectivity index (χ3n) is 2.22. The van der Waals surface area contributed by atoms with E-state index in [1.807, 2.05) is 11.0 Å². The van der Waals surface area contributed by atoms with E-state index in [2.05, 4.69) is 6.07 Å². The maximum Gasteiger partial charge on any atom is 0.242 e. The summed E-state index contributed by atoms with van der Waals surface area (Å²) < 4.78 is 10.3. The zero-order valence-electron chi connectivity index (χ0n) is 7.72. The average Bonchev–Trinajstić information content (AvgIpc) is 2.74. The fraction of sp³-hybridized carbons (Fsp3) is 0.400. The lowest BCUT2D eigenvalue weighted by Crippen LogP contribution is -2.36. The molecule has 0 aliphatic carbocycles. The van der Waals surface area contributed by atoms with Gasteiger partial charge >= 0.3 is 0 Å². The average molecular weight is 191 g/mol. The fourth-order valence-corrected chi connectivity index (χ4v) is 1.50. The van der Waals surface area contributed by atoms with Crippen LogP contribution in [0.15, 0.2) is 22.8 Å². The highest BCUT2D eigenvalue weighted by molar-refractivity contribution is 5.13. The molecule has 4 nitrogen and oxygen atoms in total. The monoisotopic (exact) mass is 191 g/mol. The van der Waals surface area contributed by atoms with Gasteiger partial charge in [0.2, 0.25) is 6.61 Å². The standard InChI is InChI=1S/C10H11N2O2/c11-8-9(10-2-1-5-14-10)12-3-6-13-7-4-12/h1-2,5-6,9H,3-4,7H2/q+1. The molecule has 1 aromatic rings. The number of hydrogen-bond acceptors (Lipinski definition) is 4. The minimum absolute atomic E-state index is 0.301. The zero-order valence-corrected chi connectivity index (χ0v) is 7.72. The predicted molar refractivity (Wildman–Crippen MR) is 48.9 cm³/mol. The molecule has 0 N–H and O–H groups in total. The molecule has 1 aliphatic heterocycles. The Balaban J connectivity index is 2.09. The van der Waals surface area contributed by atoms with Crippen LogP contribution in [0.1, 0.15) is 11.8 Å². The number of nitriles is 1. The second kappa shape index (κ2) is 4.18. The molecule has 1 aromatic heterocycles. The van der Waals surface area contributed by atoms with Crippen molar-refractivity contribution in [3.05, 3.63) is 30.8 Å².